The second-order valence-corrected chi connectivity index (χ2v) is 5.02. The average molecular weight is 284 g/mol. The molecule has 0 aliphatic carbocycles. The molecule has 1 amide bonds. The lowest BCUT2D eigenvalue weighted by Crippen LogP contribution is -2.28. The van der Waals surface area contributed by atoms with Crippen LogP contribution < -0.4 is 4.74 Å². The fourth-order valence-electron chi connectivity index (χ4n) is 2.18. The number of methoxy groups -OCH3 is 1. The summed E-state index contributed by atoms with van der Waals surface area (Å²) >= 11 is 0. The second kappa shape index (κ2) is 6.88. The largest absolute Gasteiger partial charge is 0.496 e. The predicted molar refractivity (Wildman–Crippen MR) is 82.6 cm³/mol. The molecule has 0 saturated heterocycles. The van der Waals surface area contributed by atoms with Gasteiger partial charge < -0.3 is 9.64 Å². The number of hydrogen-bond donors (Lipinski definition) is 0. The fourth-order valence-corrected chi connectivity index (χ4v) is 2.18. The lowest BCUT2D eigenvalue weighted by Gasteiger charge is -2.18. The first-order chi connectivity index (χ1) is 10.1. The van der Waals surface area contributed by atoms with E-state index in [4.69, 9.17) is 4.74 Å². The summed E-state index contributed by atoms with van der Waals surface area (Å²) in [5, 5.41) is 0. The number of ether oxygens (including phenoxy) is 1. The molecular weight excluding hydrogens is 264 g/mol. The third-order valence-corrected chi connectivity index (χ3v) is 3.47. The van der Waals surface area contributed by atoms with Gasteiger partial charge in [0.2, 0.25) is 0 Å². The molecule has 2 aromatic rings. The van der Waals surface area contributed by atoms with E-state index in [1.165, 1.54) is 5.56 Å². The quantitative estimate of drug-likeness (QED) is 0.848. The molecule has 110 valence electrons. The molecule has 0 saturated carbocycles. The van der Waals surface area contributed by atoms with E-state index in [2.05, 4.69) is 4.98 Å². The van der Waals surface area contributed by atoms with Crippen molar-refractivity contribution in [1.29, 1.82) is 0 Å². The van der Waals surface area contributed by atoms with Crippen LogP contribution in [0.25, 0.3) is 0 Å². The van der Waals surface area contributed by atoms with Crippen molar-refractivity contribution in [2.45, 2.75) is 13.3 Å². The van der Waals surface area contributed by atoms with Crippen LogP contribution >= 0.6 is 0 Å². The van der Waals surface area contributed by atoms with E-state index in [9.17, 15) is 4.79 Å². The van der Waals surface area contributed by atoms with Gasteiger partial charge in [-0.1, -0.05) is 0 Å². The number of rotatable bonds is 5. The molecule has 21 heavy (non-hydrogen) atoms. The number of carbonyl (C=O) groups excluding carboxylic acids is 1. The maximum Gasteiger partial charge on any atom is 0.253 e. The highest BCUT2D eigenvalue weighted by Crippen LogP contribution is 2.19. The Morgan fingerprint density at radius 1 is 1.24 bits per heavy atom. The van der Waals surface area contributed by atoms with Crippen LogP contribution in [0, 0.1) is 6.92 Å². The van der Waals surface area contributed by atoms with Gasteiger partial charge in [0.1, 0.15) is 5.75 Å². The maximum absolute atomic E-state index is 12.4. The van der Waals surface area contributed by atoms with Crippen molar-refractivity contribution in [3.05, 3.63) is 59.4 Å². The molecule has 4 nitrogen and oxygen atoms in total. The van der Waals surface area contributed by atoms with Gasteiger partial charge in [0, 0.05) is 31.5 Å². The van der Waals surface area contributed by atoms with E-state index in [1.54, 1.807) is 30.5 Å². The van der Waals surface area contributed by atoms with Crippen LogP contribution in [0.4, 0.5) is 0 Å². The number of benzene rings is 1. The third kappa shape index (κ3) is 3.81. The zero-order valence-electron chi connectivity index (χ0n) is 12.7. The predicted octanol–water partition coefficient (Wildman–Crippen LogP) is 2.71. The summed E-state index contributed by atoms with van der Waals surface area (Å²) < 4.78 is 5.21. The van der Waals surface area contributed by atoms with Gasteiger partial charge in [0.05, 0.1) is 7.11 Å². The van der Waals surface area contributed by atoms with E-state index in [0.29, 0.717) is 12.1 Å². The van der Waals surface area contributed by atoms with E-state index in [-0.39, 0.29) is 5.91 Å². The van der Waals surface area contributed by atoms with Gasteiger partial charge in [0.25, 0.3) is 5.91 Å². The van der Waals surface area contributed by atoms with Gasteiger partial charge in [-0.05, 0) is 54.8 Å². The highest BCUT2D eigenvalue weighted by atomic mass is 16.5. The van der Waals surface area contributed by atoms with Crippen LogP contribution in [0.3, 0.4) is 0 Å². The van der Waals surface area contributed by atoms with Crippen molar-refractivity contribution in [1.82, 2.24) is 9.88 Å². The van der Waals surface area contributed by atoms with Crippen molar-refractivity contribution in [3.63, 3.8) is 0 Å². The molecule has 2 rings (SSSR count). The number of hydrogen-bond acceptors (Lipinski definition) is 3. The molecule has 0 unspecified atom stereocenters. The molecule has 0 atom stereocenters. The Balaban J connectivity index is 2.00. The SMILES string of the molecule is COc1ccc(C(=O)N(C)CCc2ccncc2)cc1C. The Hall–Kier alpha value is -2.36. The first-order valence-electron chi connectivity index (χ1n) is 6.91. The average Bonchev–Trinajstić information content (AvgIpc) is 2.52. The molecular formula is C17H20N2O2. The van der Waals surface area contributed by atoms with Crippen molar-refractivity contribution in [2.75, 3.05) is 20.7 Å². The number of aromatic nitrogens is 1. The zero-order chi connectivity index (χ0) is 15.2. The maximum atomic E-state index is 12.4. The van der Waals surface area contributed by atoms with Gasteiger partial charge in [0.15, 0.2) is 0 Å². The zero-order valence-corrected chi connectivity index (χ0v) is 12.7. The summed E-state index contributed by atoms with van der Waals surface area (Å²) in [4.78, 5) is 18.1. The van der Waals surface area contributed by atoms with Gasteiger partial charge in [-0.15, -0.1) is 0 Å². The normalized spacial score (nSPS) is 10.2. The van der Waals surface area contributed by atoms with Crippen molar-refractivity contribution in [3.8, 4) is 5.75 Å². The Labute approximate surface area is 125 Å². The summed E-state index contributed by atoms with van der Waals surface area (Å²) in [6, 6.07) is 9.44. The molecule has 0 bridgehead atoms. The minimum absolute atomic E-state index is 0.0230. The second-order valence-electron chi connectivity index (χ2n) is 5.02. The highest BCUT2D eigenvalue weighted by molar-refractivity contribution is 5.94. The first kappa shape index (κ1) is 15.0. The summed E-state index contributed by atoms with van der Waals surface area (Å²) in [6.07, 6.45) is 4.36. The van der Waals surface area contributed by atoms with Crippen LogP contribution in [0.1, 0.15) is 21.5 Å². The number of aryl methyl sites for hydroxylation is 1. The number of carbonyl (C=O) groups is 1. The molecule has 1 aromatic heterocycles. The lowest BCUT2D eigenvalue weighted by molar-refractivity contribution is 0.0796. The van der Waals surface area contributed by atoms with Gasteiger partial charge in [-0.2, -0.15) is 0 Å². The van der Waals surface area contributed by atoms with E-state index in [0.717, 1.165) is 17.7 Å². The number of pyridine rings is 1. The monoisotopic (exact) mass is 284 g/mol. The van der Waals surface area contributed by atoms with Crippen LogP contribution in [0.15, 0.2) is 42.7 Å². The molecule has 0 spiro atoms. The fraction of sp³-hybridized carbons (Fsp3) is 0.294. The van der Waals surface area contributed by atoms with Crippen molar-refractivity contribution in [2.24, 2.45) is 0 Å². The molecule has 0 fully saturated rings. The molecule has 0 aliphatic heterocycles. The molecule has 1 aromatic carbocycles. The van der Waals surface area contributed by atoms with Crippen LogP contribution in [-0.2, 0) is 6.42 Å². The molecule has 0 radical (unpaired) electrons. The molecule has 4 heteroatoms. The van der Waals surface area contributed by atoms with Crippen molar-refractivity contribution < 1.29 is 9.53 Å². The van der Waals surface area contributed by atoms with E-state index < -0.39 is 0 Å². The standard InChI is InChI=1S/C17H20N2O2/c1-13-12-15(4-5-16(13)21-3)17(20)19(2)11-8-14-6-9-18-10-7-14/h4-7,9-10,12H,8,11H2,1-3H3. The number of nitrogens with zero attached hydrogens (tertiary/aromatic N) is 2. The van der Waals surface area contributed by atoms with Crippen LogP contribution in [-0.4, -0.2) is 36.5 Å². The molecule has 0 aliphatic rings. The van der Waals surface area contributed by atoms with E-state index in [1.807, 2.05) is 38.2 Å². The minimum atomic E-state index is 0.0230. The number of amides is 1. The Morgan fingerprint density at radius 2 is 1.95 bits per heavy atom. The Morgan fingerprint density at radius 3 is 2.57 bits per heavy atom. The number of likely N-dealkylation sites (N-methyl/N-ethyl adjacent to an activating group) is 1. The Bertz CT molecular complexity index is 611. The highest BCUT2D eigenvalue weighted by Gasteiger charge is 2.12. The topological polar surface area (TPSA) is 42.4 Å². The third-order valence-electron chi connectivity index (χ3n) is 3.47. The van der Waals surface area contributed by atoms with Crippen LogP contribution in [0.2, 0.25) is 0 Å². The smallest absolute Gasteiger partial charge is 0.253 e. The lowest BCUT2D eigenvalue weighted by atomic mass is 10.1. The minimum Gasteiger partial charge on any atom is -0.496 e. The van der Waals surface area contributed by atoms with Gasteiger partial charge in [-0.25, -0.2) is 0 Å². The summed E-state index contributed by atoms with van der Waals surface area (Å²) in [5.41, 5.74) is 2.83. The summed E-state index contributed by atoms with van der Waals surface area (Å²) in [6.45, 7) is 2.61. The Kier molecular flexibility index (Phi) is 4.93. The van der Waals surface area contributed by atoms with Crippen LogP contribution in [0.5, 0.6) is 5.75 Å². The van der Waals surface area contributed by atoms with E-state index >= 15 is 0 Å². The summed E-state index contributed by atoms with van der Waals surface area (Å²) in [5.74, 6) is 0.820. The summed E-state index contributed by atoms with van der Waals surface area (Å²) in [7, 11) is 3.45. The first-order valence-corrected chi connectivity index (χ1v) is 6.91. The molecule has 0 N–H and O–H groups in total. The molecule has 1 heterocycles. The van der Waals surface area contributed by atoms with Gasteiger partial charge in [-0.3, -0.25) is 9.78 Å². The van der Waals surface area contributed by atoms with Crippen molar-refractivity contribution >= 4 is 5.91 Å². The van der Waals surface area contributed by atoms with Gasteiger partial charge >= 0.3 is 0 Å².